The molecule has 0 unspecified atom stereocenters. The van der Waals surface area contributed by atoms with Crippen molar-refractivity contribution in [1.29, 1.82) is 0 Å². The maximum Gasteiger partial charge on any atom is 0.230 e. The lowest BCUT2D eigenvalue weighted by atomic mass is 9.96. The lowest BCUT2D eigenvalue weighted by Gasteiger charge is -2.43. The van der Waals surface area contributed by atoms with E-state index >= 15 is 0 Å². The van der Waals surface area contributed by atoms with Crippen LogP contribution in [0.15, 0.2) is 36.9 Å². The molecule has 2 aliphatic heterocycles. The SMILES string of the molecule is COC1(O[C@@H]2[C@H](O)[C@@H](CO)O[C@H]2n2cnc3c(NC(=O)C(C)(C)C)ncnc32)CCN(c2ccccc2F)CC1. The van der Waals surface area contributed by atoms with Crippen LogP contribution >= 0.6 is 0 Å². The Kier molecular flexibility index (Phi) is 7.77. The highest BCUT2D eigenvalue weighted by atomic mass is 19.1. The van der Waals surface area contributed by atoms with Crippen LogP contribution in [0, 0.1) is 11.2 Å². The van der Waals surface area contributed by atoms with E-state index in [1.54, 1.807) is 43.5 Å². The summed E-state index contributed by atoms with van der Waals surface area (Å²) < 4.78 is 34.3. The van der Waals surface area contributed by atoms with Crippen LogP contribution in [0.2, 0.25) is 0 Å². The van der Waals surface area contributed by atoms with Gasteiger partial charge in [0.25, 0.3) is 0 Å². The number of aliphatic hydroxyl groups excluding tert-OH is 2. The van der Waals surface area contributed by atoms with Gasteiger partial charge in [0.1, 0.15) is 30.5 Å². The molecule has 216 valence electrons. The fourth-order valence-corrected chi connectivity index (χ4v) is 5.06. The molecule has 0 aliphatic carbocycles. The molecule has 4 heterocycles. The highest BCUT2D eigenvalue weighted by Gasteiger charge is 2.50. The van der Waals surface area contributed by atoms with Gasteiger partial charge in [-0.3, -0.25) is 9.36 Å². The number of rotatable bonds is 7. The monoisotopic (exact) mass is 558 g/mol. The molecule has 2 aliphatic rings. The Bertz CT molecular complexity index is 1350. The van der Waals surface area contributed by atoms with Crippen molar-refractivity contribution in [3.8, 4) is 0 Å². The third-order valence-electron chi connectivity index (χ3n) is 7.48. The van der Waals surface area contributed by atoms with Crippen LogP contribution in [0.4, 0.5) is 15.9 Å². The van der Waals surface area contributed by atoms with Crippen LogP contribution in [-0.4, -0.2) is 86.5 Å². The van der Waals surface area contributed by atoms with Crippen LogP contribution in [0.1, 0.15) is 39.8 Å². The van der Waals surface area contributed by atoms with Crippen LogP contribution in [-0.2, 0) is 19.0 Å². The molecule has 1 aromatic carbocycles. The fourth-order valence-electron chi connectivity index (χ4n) is 5.06. The molecular weight excluding hydrogens is 523 g/mol. The molecule has 0 radical (unpaired) electrons. The first kappa shape index (κ1) is 28.3. The highest BCUT2D eigenvalue weighted by Crippen LogP contribution is 2.40. The number of aromatic nitrogens is 4. The minimum absolute atomic E-state index is 0.236. The molecule has 0 bridgehead atoms. The third kappa shape index (κ3) is 5.27. The summed E-state index contributed by atoms with van der Waals surface area (Å²) >= 11 is 0. The second kappa shape index (κ2) is 11.0. The number of imidazole rings is 1. The van der Waals surface area contributed by atoms with Gasteiger partial charge in [-0.05, 0) is 12.1 Å². The van der Waals surface area contributed by atoms with E-state index < -0.39 is 42.3 Å². The number of carbonyl (C=O) groups excluding carboxylic acids is 1. The summed E-state index contributed by atoms with van der Waals surface area (Å²) in [6.45, 7) is 5.85. The van der Waals surface area contributed by atoms with Crippen LogP contribution < -0.4 is 10.2 Å². The normalized spacial score (nSPS) is 24.9. The number of halogens is 1. The molecule has 4 atom stereocenters. The number of ether oxygens (including phenoxy) is 3. The molecule has 3 N–H and O–H groups in total. The number of hydrogen-bond acceptors (Lipinski definition) is 10. The standard InChI is InChI=1S/C27H35FN6O6/c1-26(2,3)25(37)32-22-19-23(30-14-29-22)34(15-31-19)24-21(20(36)18(13-35)39-24)40-27(38-4)9-11-33(12-10-27)17-8-6-5-7-16(17)28/h5-8,14-15,18,20-21,24,35-36H,9-13H2,1-4H3,(H,29,30,32,37)/t18-,20-,21-,24-/m1/s1. The summed E-state index contributed by atoms with van der Waals surface area (Å²) in [6.07, 6.45) is -0.432. The van der Waals surface area contributed by atoms with Gasteiger partial charge < -0.3 is 34.6 Å². The summed E-state index contributed by atoms with van der Waals surface area (Å²) in [5.74, 6) is -1.38. The summed E-state index contributed by atoms with van der Waals surface area (Å²) in [4.78, 5) is 27.5. The molecule has 13 heteroatoms. The molecule has 0 spiro atoms. The van der Waals surface area contributed by atoms with E-state index in [-0.39, 0.29) is 17.5 Å². The minimum atomic E-state index is -1.19. The van der Waals surface area contributed by atoms with Gasteiger partial charge >= 0.3 is 0 Å². The van der Waals surface area contributed by atoms with Crippen LogP contribution in [0.25, 0.3) is 11.2 Å². The molecule has 40 heavy (non-hydrogen) atoms. The Morgan fingerprint density at radius 2 is 1.95 bits per heavy atom. The van der Waals surface area contributed by atoms with Gasteiger partial charge in [-0.1, -0.05) is 32.9 Å². The van der Waals surface area contributed by atoms with Gasteiger partial charge in [0.15, 0.2) is 29.0 Å². The van der Waals surface area contributed by atoms with Gasteiger partial charge in [-0.25, -0.2) is 19.3 Å². The first-order chi connectivity index (χ1) is 19.1. The smallest absolute Gasteiger partial charge is 0.230 e. The van der Waals surface area contributed by atoms with E-state index in [0.717, 1.165) is 0 Å². The summed E-state index contributed by atoms with van der Waals surface area (Å²) in [5.41, 5.74) is 0.546. The summed E-state index contributed by atoms with van der Waals surface area (Å²) in [6, 6.07) is 6.60. The van der Waals surface area contributed by atoms with Crippen LogP contribution in [0.3, 0.4) is 0 Å². The quantitative estimate of drug-likeness (QED) is 0.369. The zero-order valence-corrected chi connectivity index (χ0v) is 23.0. The fraction of sp³-hybridized carbons (Fsp3) is 0.556. The van der Waals surface area contributed by atoms with Crippen molar-refractivity contribution < 1.29 is 33.6 Å². The second-order valence-corrected chi connectivity index (χ2v) is 11.1. The number of piperidine rings is 1. The highest BCUT2D eigenvalue weighted by molar-refractivity contribution is 5.99. The van der Waals surface area contributed by atoms with Gasteiger partial charge in [-0.15, -0.1) is 0 Å². The van der Waals surface area contributed by atoms with E-state index in [1.807, 2.05) is 4.90 Å². The average molecular weight is 559 g/mol. The van der Waals surface area contributed by atoms with Crippen molar-refractivity contribution in [3.05, 3.63) is 42.7 Å². The maximum atomic E-state index is 14.4. The number of amides is 1. The molecule has 0 saturated carbocycles. The Balaban J connectivity index is 1.41. The Hall–Kier alpha value is -3.23. The van der Waals surface area contributed by atoms with E-state index in [4.69, 9.17) is 14.2 Å². The largest absolute Gasteiger partial charge is 0.394 e. The first-order valence-electron chi connectivity index (χ1n) is 13.2. The first-order valence-corrected chi connectivity index (χ1v) is 13.2. The minimum Gasteiger partial charge on any atom is -0.394 e. The predicted molar refractivity (Wildman–Crippen MR) is 143 cm³/mol. The van der Waals surface area contributed by atoms with E-state index in [1.165, 1.54) is 25.8 Å². The molecule has 2 saturated heterocycles. The van der Waals surface area contributed by atoms with Crippen molar-refractivity contribution in [2.45, 2.75) is 63.9 Å². The van der Waals surface area contributed by atoms with Crippen molar-refractivity contribution >= 4 is 28.6 Å². The van der Waals surface area contributed by atoms with Gasteiger partial charge in [0.2, 0.25) is 5.91 Å². The summed E-state index contributed by atoms with van der Waals surface area (Å²) in [5, 5.41) is 23.8. The summed E-state index contributed by atoms with van der Waals surface area (Å²) in [7, 11) is 1.53. The number of nitrogens with zero attached hydrogens (tertiary/aromatic N) is 5. The van der Waals surface area contributed by atoms with Gasteiger partial charge in [0, 0.05) is 38.5 Å². The van der Waals surface area contributed by atoms with E-state index in [2.05, 4.69) is 20.3 Å². The molecule has 5 rings (SSSR count). The lowest BCUT2D eigenvalue weighted by molar-refractivity contribution is -0.275. The Morgan fingerprint density at radius 3 is 2.60 bits per heavy atom. The molecule has 2 fully saturated rings. The van der Waals surface area contributed by atoms with Crippen molar-refractivity contribution in [2.75, 3.05) is 37.0 Å². The topological polar surface area (TPSA) is 144 Å². The van der Waals surface area contributed by atoms with Crippen molar-refractivity contribution in [2.24, 2.45) is 5.41 Å². The number of benzene rings is 1. The van der Waals surface area contributed by atoms with Crippen molar-refractivity contribution in [1.82, 2.24) is 19.5 Å². The number of aliphatic hydroxyl groups is 2. The molecule has 1 amide bonds. The van der Waals surface area contributed by atoms with Gasteiger partial charge in [-0.2, -0.15) is 0 Å². The van der Waals surface area contributed by atoms with Crippen molar-refractivity contribution in [3.63, 3.8) is 0 Å². The second-order valence-electron chi connectivity index (χ2n) is 11.1. The lowest BCUT2D eigenvalue weighted by Crippen LogP contribution is -2.52. The molecule has 3 aromatic rings. The number of carbonyl (C=O) groups is 1. The molecular formula is C27H35FN6O6. The zero-order chi connectivity index (χ0) is 28.7. The van der Waals surface area contributed by atoms with E-state index in [9.17, 15) is 19.4 Å². The van der Waals surface area contributed by atoms with E-state index in [0.29, 0.717) is 42.8 Å². The Morgan fingerprint density at radius 1 is 1.23 bits per heavy atom. The third-order valence-corrected chi connectivity index (χ3v) is 7.48. The number of methoxy groups -OCH3 is 1. The predicted octanol–water partition coefficient (Wildman–Crippen LogP) is 2.23. The number of hydrogen-bond donors (Lipinski definition) is 3. The van der Waals surface area contributed by atoms with Gasteiger partial charge in [0.05, 0.1) is 18.6 Å². The Labute approximate surface area is 231 Å². The number of fused-ring (bicyclic) bond motifs is 1. The maximum absolute atomic E-state index is 14.4. The number of anilines is 2. The average Bonchev–Trinajstić information content (AvgIpc) is 3.50. The molecule has 2 aromatic heterocycles. The zero-order valence-electron chi connectivity index (χ0n) is 23.0. The number of para-hydroxylation sites is 1. The van der Waals surface area contributed by atoms with Crippen LogP contribution in [0.5, 0.6) is 0 Å². The number of nitrogens with one attached hydrogen (secondary N) is 1. The molecule has 12 nitrogen and oxygen atoms in total.